The fraction of sp³-hybridized carbons (Fsp3) is 0.550. The van der Waals surface area contributed by atoms with Crippen molar-refractivity contribution in [2.24, 2.45) is 11.8 Å². The van der Waals surface area contributed by atoms with Crippen LogP contribution in [0.2, 0.25) is 0 Å². The second kappa shape index (κ2) is 7.31. The molecule has 7 nitrogen and oxygen atoms in total. The number of rotatable bonds is 6. The highest BCUT2D eigenvalue weighted by atomic mass is 16.5. The minimum atomic E-state index is -1.23. The number of ether oxygens (including phenoxy) is 1. The molecule has 2 aliphatic rings. The summed E-state index contributed by atoms with van der Waals surface area (Å²) in [6.45, 7) is 3.94. The summed E-state index contributed by atoms with van der Waals surface area (Å²) in [5, 5.41) is 12.9. The first-order chi connectivity index (χ1) is 12.9. The molecule has 2 aliphatic heterocycles. The van der Waals surface area contributed by atoms with Gasteiger partial charge >= 0.3 is 5.97 Å². The third-order valence-electron chi connectivity index (χ3n) is 5.69. The number of hydrogen-bond acceptors (Lipinski definition) is 6. The first-order valence-electron chi connectivity index (χ1n) is 9.42. The van der Waals surface area contributed by atoms with Gasteiger partial charge in [0.15, 0.2) is 0 Å². The predicted molar refractivity (Wildman–Crippen MR) is 97.6 cm³/mol. The Morgan fingerprint density at radius 3 is 2.48 bits per heavy atom. The quantitative estimate of drug-likeness (QED) is 0.582. The number of nitrogens with one attached hydrogen (secondary N) is 1. The third kappa shape index (κ3) is 3.00. The van der Waals surface area contributed by atoms with Gasteiger partial charge in [0.05, 0.1) is 18.4 Å². The molecule has 0 spiro atoms. The fourth-order valence-electron chi connectivity index (χ4n) is 4.35. The summed E-state index contributed by atoms with van der Waals surface area (Å²) >= 11 is 0. The van der Waals surface area contributed by atoms with Crippen LogP contribution in [0.25, 0.3) is 0 Å². The molecule has 1 aromatic rings. The van der Waals surface area contributed by atoms with E-state index in [0.29, 0.717) is 6.42 Å². The van der Waals surface area contributed by atoms with E-state index in [4.69, 9.17) is 4.74 Å². The maximum atomic E-state index is 13.0. The van der Waals surface area contributed by atoms with Gasteiger partial charge in [0.1, 0.15) is 11.3 Å². The maximum absolute atomic E-state index is 13.0. The topological polar surface area (TPSA) is 95.9 Å². The molecule has 4 atom stereocenters. The van der Waals surface area contributed by atoms with Crippen LogP contribution in [0.5, 0.6) is 5.75 Å². The van der Waals surface area contributed by atoms with Crippen LogP contribution in [0.15, 0.2) is 24.3 Å². The number of carbonyl (C=O) groups excluding carboxylic acids is 3. The van der Waals surface area contributed by atoms with Crippen molar-refractivity contribution in [1.82, 2.24) is 10.2 Å². The number of imide groups is 1. The zero-order chi connectivity index (χ0) is 19.8. The summed E-state index contributed by atoms with van der Waals surface area (Å²) in [4.78, 5) is 39.9. The second-order valence-electron chi connectivity index (χ2n) is 7.25. The highest BCUT2D eigenvalue weighted by molar-refractivity contribution is 6.09. The molecule has 0 radical (unpaired) electrons. The Balaban J connectivity index is 2.10. The fourth-order valence-corrected chi connectivity index (χ4v) is 4.35. The smallest absolute Gasteiger partial charge is 0.327 e. The number of nitrogens with zero attached hydrogens (tertiary/aromatic N) is 1. The zero-order valence-electron chi connectivity index (χ0n) is 15.9. The van der Waals surface area contributed by atoms with Crippen LogP contribution in [-0.4, -0.2) is 47.0 Å². The van der Waals surface area contributed by atoms with Gasteiger partial charge in [-0.25, -0.2) is 0 Å². The van der Waals surface area contributed by atoms with Crippen molar-refractivity contribution in [3.63, 3.8) is 0 Å². The molecule has 0 saturated carbocycles. The maximum Gasteiger partial charge on any atom is 0.327 e. The minimum absolute atomic E-state index is 0.113. The number of unbranched alkanes of at least 4 members (excludes halogenated alkanes) is 1. The van der Waals surface area contributed by atoms with Gasteiger partial charge in [-0.2, -0.15) is 0 Å². The number of amides is 2. The molecule has 0 aliphatic carbocycles. The number of carbonyl (C=O) groups is 3. The molecular formula is C20H26N2O5. The summed E-state index contributed by atoms with van der Waals surface area (Å²) in [6, 6.07) is 5.99. The van der Waals surface area contributed by atoms with Crippen LogP contribution in [0.3, 0.4) is 0 Å². The molecular weight excluding hydrogens is 348 g/mol. The Morgan fingerprint density at radius 2 is 1.89 bits per heavy atom. The molecule has 2 N–H and O–H groups in total. The normalized spacial score (nSPS) is 29.9. The lowest BCUT2D eigenvalue weighted by Crippen LogP contribution is -2.56. The van der Waals surface area contributed by atoms with Gasteiger partial charge in [-0.1, -0.05) is 31.9 Å². The first kappa shape index (κ1) is 19.4. The van der Waals surface area contributed by atoms with Crippen molar-refractivity contribution in [2.45, 2.75) is 44.7 Å². The number of fused-ring (bicyclic) bond motifs is 1. The van der Waals surface area contributed by atoms with E-state index in [0.717, 1.165) is 23.3 Å². The highest BCUT2D eigenvalue weighted by Gasteiger charge is 2.67. The molecule has 2 saturated heterocycles. The molecule has 0 aromatic heterocycles. The van der Waals surface area contributed by atoms with Crippen molar-refractivity contribution < 1.29 is 24.2 Å². The Bertz CT molecular complexity index is 747. The summed E-state index contributed by atoms with van der Waals surface area (Å²) in [6.07, 6.45) is 2.00. The number of esters is 1. The van der Waals surface area contributed by atoms with Crippen molar-refractivity contribution in [2.75, 3.05) is 13.7 Å². The average molecular weight is 374 g/mol. The van der Waals surface area contributed by atoms with Crippen LogP contribution in [-0.2, 0) is 19.1 Å². The Hall–Kier alpha value is -2.41. The van der Waals surface area contributed by atoms with E-state index in [1.165, 1.54) is 19.2 Å². The molecule has 2 fully saturated rings. The number of aromatic hydroxyl groups is 1. The summed E-state index contributed by atoms with van der Waals surface area (Å²) < 4.78 is 5.33. The molecule has 0 bridgehead atoms. The molecule has 2 heterocycles. The van der Waals surface area contributed by atoms with Crippen molar-refractivity contribution in [1.29, 1.82) is 0 Å². The van der Waals surface area contributed by atoms with E-state index >= 15 is 0 Å². The van der Waals surface area contributed by atoms with E-state index < -0.39 is 29.4 Å². The SMILES string of the molecule is CCCC[C@]1(C(=O)OCC)N[C@@H](c2ccc(O)cc2)[C@H]2C(=O)N(C)C(=O)[C@@H]21. The molecule has 3 rings (SSSR count). The van der Waals surface area contributed by atoms with Gasteiger partial charge in [0.2, 0.25) is 11.8 Å². The minimum Gasteiger partial charge on any atom is -0.508 e. The Morgan fingerprint density at radius 1 is 1.22 bits per heavy atom. The van der Waals surface area contributed by atoms with E-state index in [9.17, 15) is 19.5 Å². The van der Waals surface area contributed by atoms with Gasteiger partial charge in [0, 0.05) is 13.1 Å². The van der Waals surface area contributed by atoms with E-state index in [2.05, 4.69) is 5.32 Å². The highest BCUT2D eigenvalue weighted by Crippen LogP contribution is 2.50. The van der Waals surface area contributed by atoms with E-state index in [-0.39, 0.29) is 24.2 Å². The van der Waals surface area contributed by atoms with Gasteiger partial charge in [0.25, 0.3) is 0 Å². The lowest BCUT2D eigenvalue weighted by atomic mass is 9.76. The van der Waals surface area contributed by atoms with Crippen LogP contribution in [0.4, 0.5) is 0 Å². The zero-order valence-corrected chi connectivity index (χ0v) is 15.9. The predicted octanol–water partition coefficient (Wildman–Crippen LogP) is 1.76. The molecule has 2 amide bonds. The Labute approximate surface area is 158 Å². The molecule has 27 heavy (non-hydrogen) atoms. The van der Waals surface area contributed by atoms with Crippen molar-refractivity contribution in [3.05, 3.63) is 29.8 Å². The van der Waals surface area contributed by atoms with Crippen LogP contribution in [0, 0.1) is 11.8 Å². The summed E-state index contributed by atoms with van der Waals surface area (Å²) in [5.41, 5.74) is -0.474. The lowest BCUT2D eigenvalue weighted by Gasteiger charge is -2.32. The van der Waals surface area contributed by atoms with Gasteiger partial charge in [-0.05, 0) is 31.0 Å². The monoisotopic (exact) mass is 374 g/mol. The summed E-state index contributed by atoms with van der Waals surface area (Å²) in [7, 11) is 1.46. The number of benzene rings is 1. The summed E-state index contributed by atoms with van der Waals surface area (Å²) in [5.74, 6) is -2.47. The molecule has 146 valence electrons. The average Bonchev–Trinajstić information content (AvgIpc) is 3.11. The molecule has 0 unspecified atom stereocenters. The lowest BCUT2D eigenvalue weighted by molar-refractivity contribution is -0.156. The van der Waals surface area contributed by atoms with E-state index in [1.807, 2.05) is 6.92 Å². The first-order valence-corrected chi connectivity index (χ1v) is 9.42. The molecule has 1 aromatic carbocycles. The standard InChI is InChI=1S/C20H26N2O5/c1-4-6-11-20(19(26)27-5-2)15-14(17(24)22(3)18(15)25)16(21-20)12-7-9-13(23)10-8-12/h7-10,14-16,21,23H,4-6,11H2,1-3H3/t14-,15+,16-,20-/m0/s1. The Kier molecular flexibility index (Phi) is 5.24. The van der Waals surface area contributed by atoms with Gasteiger partial charge < -0.3 is 9.84 Å². The van der Waals surface area contributed by atoms with Crippen LogP contribution < -0.4 is 5.32 Å². The van der Waals surface area contributed by atoms with Gasteiger partial charge in [-0.3, -0.25) is 24.6 Å². The van der Waals surface area contributed by atoms with Crippen LogP contribution >= 0.6 is 0 Å². The third-order valence-corrected chi connectivity index (χ3v) is 5.69. The van der Waals surface area contributed by atoms with Crippen molar-refractivity contribution >= 4 is 17.8 Å². The second-order valence-corrected chi connectivity index (χ2v) is 7.25. The largest absolute Gasteiger partial charge is 0.508 e. The number of phenolic OH excluding ortho intramolecular Hbond substituents is 1. The van der Waals surface area contributed by atoms with Gasteiger partial charge in [-0.15, -0.1) is 0 Å². The van der Waals surface area contributed by atoms with E-state index in [1.54, 1.807) is 19.1 Å². The van der Waals surface area contributed by atoms with Crippen LogP contribution in [0.1, 0.15) is 44.7 Å². The number of likely N-dealkylation sites (tertiary alicyclic amines) is 1. The number of phenols is 1. The molecule has 7 heteroatoms. The van der Waals surface area contributed by atoms with Crippen molar-refractivity contribution in [3.8, 4) is 5.75 Å². The number of hydrogen-bond donors (Lipinski definition) is 2.